The normalized spacial score (nSPS) is 19.6. The standard InChI is InChI=1S/C20H24N2O2/c1-23-19-7-3-15(4-8-19)17-11-21(12-17)22-13-18(14-22)16-5-9-20(24-2)10-6-16/h3-10,17-18H,11-14H2,1-2H3. The van der Waals surface area contributed by atoms with Crippen LogP contribution in [0.15, 0.2) is 48.5 Å². The van der Waals surface area contributed by atoms with Gasteiger partial charge in [-0.25, -0.2) is 10.0 Å². The smallest absolute Gasteiger partial charge is 0.118 e. The largest absolute Gasteiger partial charge is 0.497 e. The van der Waals surface area contributed by atoms with Crippen LogP contribution in [0.1, 0.15) is 23.0 Å². The molecule has 126 valence electrons. The molecule has 2 aliphatic rings. The Labute approximate surface area is 143 Å². The summed E-state index contributed by atoms with van der Waals surface area (Å²) in [6.45, 7) is 4.51. The van der Waals surface area contributed by atoms with Gasteiger partial charge in [0.15, 0.2) is 0 Å². The van der Waals surface area contributed by atoms with Gasteiger partial charge in [-0.1, -0.05) is 24.3 Å². The fraction of sp³-hybridized carbons (Fsp3) is 0.400. The van der Waals surface area contributed by atoms with Gasteiger partial charge in [0.1, 0.15) is 11.5 Å². The van der Waals surface area contributed by atoms with E-state index in [0.717, 1.165) is 37.7 Å². The lowest BCUT2D eigenvalue weighted by Gasteiger charge is -2.53. The third-order valence-electron chi connectivity index (χ3n) is 5.30. The molecule has 4 nitrogen and oxygen atoms in total. The third kappa shape index (κ3) is 2.87. The van der Waals surface area contributed by atoms with Crippen molar-refractivity contribution in [1.29, 1.82) is 0 Å². The summed E-state index contributed by atoms with van der Waals surface area (Å²) >= 11 is 0. The molecule has 0 aliphatic carbocycles. The molecule has 0 saturated carbocycles. The van der Waals surface area contributed by atoms with Crippen molar-refractivity contribution >= 4 is 0 Å². The fourth-order valence-corrected chi connectivity index (χ4v) is 3.55. The lowest BCUT2D eigenvalue weighted by molar-refractivity contribution is -0.133. The van der Waals surface area contributed by atoms with Crippen molar-refractivity contribution in [3.63, 3.8) is 0 Å². The van der Waals surface area contributed by atoms with E-state index in [9.17, 15) is 0 Å². The Bertz CT molecular complexity index is 610. The van der Waals surface area contributed by atoms with E-state index in [-0.39, 0.29) is 0 Å². The zero-order chi connectivity index (χ0) is 16.5. The summed E-state index contributed by atoms with van der Waals surface area (Å²) in [6.07, 6.45) is 0. The summed E-state index contributed by atoms with van der Waals surface area (Å²) < 4.78 is 10.5. The molecule has 0 radical (unpaired) electrons. The maximum Gasteiger partial charge on any atom is 0.118 e. The van der Waals surface area contributed by atoms with Gasteiger partial charge < -0.3 is 9.47 Å². The van der Waals surface area contributed by atoms with Crippen LogP contribution >= 0.6 is 0 Å². The minimum Gasteiger partial charge on any atom is -0.497 e. The average molecular weight is 324 g/mol. The molecule has 24 heavy (non-hydrogen) atoms. The van der Waals surface area contributed by atoms with Crippen molar-refractivity contribution in [2.45, 2.75) is 11.8 Å². The summed E-state index contributed by atoms with van der Waals surface area (Å²) in [4.78, 5) is 0. The molecule has 2 aromatic rings. The number of ether oxygens (including phenoxy) is 2. The van der Waals surface area contributed by atoms with Crippen LogP contribution < -0.4 is 9.47 Å². The van der Waals surface area contributed by atoms with E-state index in [1.54, 1.807) is 14.2 Å². The highest BCUT2D eigenvalue weighted by Gasteiger charge is 2.38. The van der Waals surface area contributed by atoms with Gasteiger partial charge in [-0.15, -0.1) is 0 Å². The van der Waals surface area contributed by atoms with Gasteiger partial charge in [-0.2, -0.15) is 0 Å². The maximum atomic E-state index is 5.23. The van der Waals surface area contributed by atoms with Crippen LogP contribution in [0.4, 0.5) is 0 Å². The highest BCUT2D eigenvalue weighted by Crippen LogP contribution is 2.35. The second-order valence-corrected chi connectivity index (χ2v) is 6.68. The molecule has 2 fully saturated rings. The second kappa shape index (κ2) is 6.46. The van der Waals surface area contributed by atoms with Crippen molar-refractivity contribution in [1.82, 2.24) is 10.0 Å². The Balaban J connectivity index is 1.26. The molecular formula is C20H24N2O2. The number of hydrazine groups is 1. The molecule has 2 aliphatic heterocycles. The molecule has 2 saturated heterocycles. The van der Waals surface area contributed by atoms with Crippen molar-refractivity contribution in [2.75, 3.05) is 40.4 Å². The molecule has 0 amide bonds. The molecule has 0 atom stereocenters. The van der Waals surface area contributed by atoms with E-state index < -0.39 is 0 Å². The Kier molecular flexibility index (Phi) is 4.17. The number of benzene rings is 2. The van der Waals surface area contributed by atoms with Gasteiger partial charge in [0.25, 0.3) is 0 Å². The van der Waals surface area contributed by atoms with Gasteiger partial charge in [0.2, 0.25) is 0 Å². The quantitative estimate of drug-likeness (QED) is 0.844. The number of hydrogen-bond acceptors (Lipinski definition) is 4. The van der Waals surface area contributed by atoms with E-state index in [4.69, 9.17) is 9.47 Å². The van der Waals surface area contributed by atoms with E-state index >= 15 is 0 Å². The Hall–Kier alpha value is -2.04. The summed E-state index contributed by atoms with van der Waals surface area (Å²) in [5.74, 6) is 3.16. The first-order valence-electron chi connectivity index (χ1n) is 8.54. The fourth-order valence-electron chi connectivity index (χ4n) is 3.55. The van der Waals surface area contributed by atoms with E-state index in [0.29, 0.717) is 11.8 Å². The van der Waals surface area contributed by atoms with Crippen LogP contribution in [-0.4, -0.2) is 50.4 Å². The van der Waals surface area contributed by atoms with Gasteiger partial charge in [0.05, 0.1) is 14.2 Å². The Morgan fingerprint density at radius 2 is 0.958 bits per heavy atom. The molecule has 2 heterocycles. The number of methoxy groups -OCH3 is 2. The molecular weight excluding hydrogens is 300 g/mol. The van der Waals surface area contributed by atoms with Crippen molar-refractivity contribution in [3.05, 3.63) is 59.7 Å². The van der Waals surface area contributed by atoms with Crippen molar-refractivity contribution < 1.29 is 9.47 Å². The molecule has 0 unspecified atom stereocenters. The molecule has 0 N–H and O–H groups in total. The highest BCUT2D eigenvalue weighted by atomic mass is 16.5. The lowest BCUT2D eigenvalue weighted by Crippen LogP contribution is -2.62. The monoisotopic (exact) mass is 324 g/mol. The van der Waals surface area contributed by atoms with Crippen LogP contribution in [0, 0.1) is 0 Å². The number of hydrogen-bond donors (Lipinski definition) is 0. The zero-order valence-electron chi connectivity index (χ0n) is 14.3. The molecule has 4 heteroatoms. The van der Waals surface area contributed by atoms with Gasteiger partial charge in [0, 0.05) is 38.0 Å². The summed E-state index contributed by atoms with van der Waals surface area (Å²) in [5, 5.41) is 4.96. The molecule has 0 aromatic heterocycles. The summed E-state index contributed by atoms with van der Waals surface area (Å²) in [5.41, 5.74) is 2.83. The van der Waals surface area contributed by atoms with Crippen LogP contribution in [0.2, 0.25) is 0 Å². The Morgan fingerprint density at radius 1 is 0.625 bits per heavy atom. The van der Waals surface area contributed by atoms with Gasteiger partial charge >= 0.3 is 0 Å². The average Bonchev–Trinajstić information content (AvgIpc) is 2.56. The van der Waals surface area contributed by atoms with E-state index in [1.807, 2.05) is 0 Å². The van der Waals surface area contributed by atoms with Crippen molar-refractivity contribution in [3.8, 4) is 11.5 Å². The van der Waals surface area contributed by atoms with Gasteiger partial charge in [-0.3, -0.25) is 0 Å². The number of nitrogens with zero attached hydrogens (tertiary/aromatic N) is 2. The first-order valence-corrected chi connectivity index (χ1v) is 8.54. The van der Waals surface area contributed by atoms with Crippen LogP contribution in [0.25, 0.3) is 0 Å². The predicted molar refractivity (Wildman–Crippen MR) is 94.6 cm³/mol. The summed E-state index contributed by atoms with van der Waals surface area (Å²) in [6, 6.07) is 17.0. The molecule has 2 aromatic carbocycles. The van der Waals surface area contributed by atoms with Crippen LogP contribution in [0.3, 0.4) is 0 Å². The van der Waals surface area contributed by atoms with Crippen LogP contribution in [0.5, 0.6) is 11.5 Å². The topological polar surface area (TPSA) is 24.9 Å². The molecule has 4 rings (SSSR count). The zero-order valence-corrected chi connectivity index (χ0v) is 14.3. The van der Waals surface area contributed by atoms with Gasteiger partial charge in [-0.05, 0) is 35.4 Å². The van der Waals surface area contributed by atoms with E-state index in [2.05, 4.69) is 58.5 Å². The van der Waals surface area contributed by atoms with Crippen LogP contribution in [-0.2, 0) is 0 Å². The molecule has 0 bridgehead atoms. The molecule has 0 spiro atoms. The first kappa shape index (κ1) is 15.5. The summed E-state index contributed by atoms with van der Waals surface area (Å²) in [7, 11) is 3.42. The minimum atomic E-state index is 0.649. The lowest BCUT2D eigenvalue weighted by atomic mass is 9.89. The van der Waals surface area contributed by atoms with E-state index in [1.165, 1.54) is 11.1 Å². The minimum absolute atomic E-state index is 0.649. The number of rotatable bonds is 5. The third-order valence-corrected chi connectivity index (χ3v) is 5.30. The Morgan fingerprint density at radius 3 is 1.25 bits per heavy atom. The predicted octanol–water partition coefficient (Wildman–Crippen LogP) is 3.12. The highest BCUT2D eigenvalue weighted by molar-refractivity contribution is 5.32. The second-order valence-electron chi connectivity index (χ2n) is 6.68. The SMILES string of the molecule is COc1ccc(C2CN(N3CC(c4ccc(OC)cc4)C3)C2)cc1. The maximum absolute atomic E-state index is 5.23. The first-order chi connectivity index (χ1) is 11.8. The van der Waals surface area contributed by atoms with Crippen molar-refractivity contribution in [2.24, 2.45) is 0 Å².